The van der Waals surface area contributed by atoms with E-state index < -0.39 is 5.97 Å². The molecule has 0 spiro atoms. The average Bonchev–Trinajstić information content (AvgIpc) is 3.03. The highest BCUT2D eigenvalue weighted by molar-refractivity contribution is 5.93. The Morgan fingerprint density at radius 1 is 1.00 bits per heavy atom. The quantitative estimate of drug-likeness (QED) is 0.688. The Morgan fingerprint density at radius 3 is 2.48 bits per heavy atom. The molecule has 1 heterocycles. The monoisotopic (exact) mass is 313 g/mol. The molecule has 0 saturated heterocycles. The normalized spacial score (nSPS) is 10.6. The molecule has 6 heteroatoms. The smallest absolute Gasteiger partial charge is 0.337 e. The second-order valence-electron chi connectivity index (χ2n) is 4.76. The van der Waals surface area contributed by atoms with Crippen LogP contribution in [0.5, 0.6) is 11.5 Å². The van der Waals surface area contributed by atoms with E-state index in [1.165, 1.54) is 7.11 Å². The van der Waals surface area contributed by atoms with Gasteiger partial charge in [-0.05, 0) is 36.4 Å². The number of oxazole rings is 1. The number of hydrogen-bond donors (Lipinski definition) is 0. The zero-order valence-electron chi connectivity index (χ0n) is 13.0. The van der Waals surface area contributed by atoms with Crippen LogP contribution in [0.4, 0.5) is 0 Å². The first-order valence-electron chi connectivity index (χ1n) is 6.87. The Hall–Kier alpha value is -3.02. The summed E-state index contributed by atoms with van der Waals surface area (Å²) in [6, 6.07) is 10.4. The van der Waals surface area contributed by atoms with Crippen LogP contribution in [0.25, 0.3) is 22.6 Å². The lowest BCUT2D eigenvalue weighted by molar-refractivity contribution is 0.0601. The van der Waals surface area contributed by atoms with Crippen LogP contribution in [0.15, 0.2) is 40.8 Å². The van der Waals surface area contributed by atoms with E-state index in [0.29, 0.717) is 34.1 Å². The number of aromatic nitrogens is 1. The maximum absolute atomic E-state index is 11.6. The molecule has 0 N–H and O–H groups in total. The second kappa shape index (κ2) is 6.00. The summed E-state index contributed by atoms with van der Waals surface area (Å²) in [5.41, 5.74) is 2.34. The van der Waals surface area contributed by atoms with E-state index in [-0.39, 0.29) is 0 Å². The van der Waals surface area contributed by atoms with Crippen molar-refractivity contribution in [1.82, 2.24) is 4.98 Å². The highest BCUT2D eigenvalue weighted by Crippen LogP contribution is 2.33. The lowest BCUT2D eigenvalue weighted by Crippen LogP contribution is -2.00. The first-order valence-corrected chi connectivity index (χ1v) is 6.87. The van der Waals surface area contributed by atoms with Crippen molar-refractivity contribution >= 4 is 17.1 Å². The van der Waals surface area contributed by atoms with Gasteiger partial charge in [-0.15, -0.1) is 0 Å². The molecule has 0 aliphatic heterocycles. The van der Waals surface area contributed by atoms with Gasteiger partial charge in [0.15, 0.2) is 17.1 Å². The summed E-state index contributed by atoms with van der Waals surface area (Å²) in [4.78, 5) is 16.0. The summed E-state index contributed by atoms with van der Waals surface area (Å²) in [5.74, 6) is 1.23. The Bertz CT molecular complexity index is 869. The SMILES string of the molecule is COC(=O)c1ccc2oc(-c3ccc(OC)c(OC)c3)nc2c1. The molecular weight excluding hydrogens is 298 g/mol. The molecule has 0 unspecified atom stereocenters. The first kappa shape index (κ1) is 14.9. The van der Waals surface area contributed by atoms with E-state index in [2.05, 4.69) is 4.98 Å². The summed E-state index contributed by atoms with van der Waals surface area (Å²) >= 11 is 0. The third-order valence-electron chi connectivity index (χ3n) is 3.44. The summed E-state index contributed by atoms with van der Waals surface area (Å²) in [6.07, 6.45) is 0. The van der Waals surface area contributed by atoms with E-state index in [9.17, 15) is 4.79 Å². The molecule has 3 rings (SSSR count). The highest BCUT2D eigenvalue weighted by atomic mass is 16.5. The van der Waals surface area contributed by atoms with Crippen molar-refractivity contribution in [3.63, 3.8) is 0 Å². The van der Waals surface area contributed by atoms with Crippen molar-refractivity contribution < 1.29 is 23.4 Å². The third kappa shape index (κ3) is 2.70. The molecule has 0 fully saturated rings. The fourth-order valence-corrected chi connectivity index (χ4v) is 2.26. The minimum atomic E-state index is -0.414. The molecule has 0 aliphatic carbocycles. The van der Waals surface area contributed by atoms with Crippen molar-refractivity contribution in [2.45, 2.75) is 0 Å². The van der Waals surface area contributed by atoms with E-state index >= 15 is 0 Å². The lowest BCUT2D eigenvalue weighted by Gasteiger charge is -2.07. The molecule has 2 aromatic carbocycles. The van der Waals surface area contributed by atoms with Crippen LogP contribution < -0.4 is 9.47 Å². The number of carbonyl (C=O) groups excluding carboxylic acids is 1. The van der Waals surface area contributed by atoms with Gasteiger partial charge in [0.2, 0.25) is 5.89 Å². The number of methoxy groups -OCH3 is 3. The number of esters is 1. The van der Waals surface area contributed by atoms with E-state index in [0.717, 1.165) is 5.56 Å². The maximum Gasteiger partial charge on any atom is 0.337 e. The van der Waals surface area contributed by atoms with Gasteiger partial charge in [0.25, 0.3) is 0 Å². The van der Waals surface area contributed by atoms with Crippen LogP contribution in [0.2, 0.25) is 0 Å². The molecule has 0 aliphatic rings. The van der Waals surface area contributed by atoms with Crippen LogP contribution >= 0.6 is 0 Å². The molecule has 0 amide bonds. The zero-order chi connectivity index (χ0) is 16.4. The summed E-state index contributed by atoms with van der Waals surface area (Å²) < 4.78 is 20.9. The molecule has 23 heavy (non-hydrogen) atoms. The zero-order valence-corrected chi connectivity index (χ0v) is 13.0. The van der Waals surface area contributed by atoms with Crippen LogP contribution in [0, 0.1) is 0 Å². The van der Waals surface area contributed by atoms with Crippen molar-refractivity contribution in [3.05, 3.63) is 42.0 Å². The number of carbonyl (C=O) groups is 1. The van der Waals surface area contributed by atoms with Crippen LogP contribution in [0.1, 0.15) is 10.4 Å². The van der Waals surface area contributed by atoms with E-state index in [1.807, 2.05) is 6.07 Å². The molecule has 1 aromatic heterocycles. The van der Waals surface area contributed by atoms with Crippen LogP contribution in [-0.2, 0) is 4.74 Å². The Labute approximate surface area is 132 Å². The minimum absolute atomic E-state index is 0.414. The second-order valence-corrected chi connectivity index (χ2v) is 4.76. The minimum Gasteiger partial charge on any atom is -0.493 e. The summed E-state index contributed by atoms with van der Waals surface area (Å²) in [5, 5.41) is 0. The maximum atomic E-state index is 11.6. The number of benzene rings is 2. The van der Waals surface area contributed by atoms with Gasteiger partial charge in [0.1, 0.15) is 5.52 Å². The number of nitrogens with zero attached hydrogens (tertiary/aromatic N) is 1. The summed E-state index contributed by atoms with van der Waals surface area (Å²) in [6.45, 7) is 0. The fraction of sp³-hybridized carbons (Fsp3) is 0.176. The number of fused-ring (bicyclic) bond motifs is 1. The van der Waals surface area contributed by atoms with Gasteiger partial charge in [0.05, 0.1) is 26.9 Å². The predicted molar refractivity (Wildman–Crippen MR) is 83.9 cm³/mol. The topological polar surface area (TPSA) is 70.8 Å². The Morgan fingerprint density at radius 2 is 1.78 bits per heavy atom. The Balaban J connectivity index is 2.05. The number of hydrogen-bond acceptors (Lipinski definition) is 6. The number of rotatable bonds is 4. The predicted octanol–water partition coefficient (Wildman–Crippen LogP) is 3.30. The molecular formula is C17H15NO5. The molecule has 118 valence electrons. The van der Waals surface area contributed by atoms with Crippen LogP contribution in [-0.4, -0.2) is 32.3 Å². The van der Waals surface area contributed by atoms with E-state index in [1.54, 1.807) is 44.6 Å². The Kier molecular flexibility index (Phi) is 3.89. The fourth-order valence-electron chi connectivity index (χ4n) is 2.26. The average molecular weight is 313 g/mol. The van der Waals surface area contributed by atoms with Crippen molar-refractivity contribution in [1.29, 1.82) is 0 Å². The largest absolute Gasteiger partial charge is 0.493 e. The van der Waals surface area contributed by atoms with Gasteiger partial charge in [-0.1, -0.05) is 0 Å². The van der Waals surface area contributed by atoms with Crippen molar-refractivity contribution in [2.75, 3.05) is 21.3 Å². The third-order valence-corrected chi connectivity index (χ3v) is 3.44. The molecule has 0 radical (unpaired) electrons. The van der Waals surface area contributed by atoms with Gasteiger partial charge in [-0.2, -0.15) is 0 Å². The van der Waals surface area contributed by atoms with Gasteiger partial charge >= 0.3 is 5.97 Å². The number of ether oxygens (including phenoxy) is 3. The van der Waals surface area contributed by atoms with Gasteiger partial charge in [-0.25, -0.2) is 9.78 Å². The molecule has 6 nitrogen and oxygen atoms in total. The van der Waals surface area contributed by atoms with Gasteiger partial charge < -0.3 is 18.6 Å². The molecule has 0 bridgehead atoms. The van der Waals surface area contributed by atoms with Crippen LogP contribution in [0.3, 0.4) is 0 Å². The molecule has 0 atom stereocenters. The van der Waals surface area contributed by atoms with Gasteiger partial charge in [0, 0.05) is 5.56 Å². The lowest BCUT2D eigenvalue weighted by atomic mass is 10.2. The highest BCUT2D eigenvalue weighted by Gasteiger charge is 2.14. The molecule has 0 saturated carbocycles. The first-order chi connectivity index (χ1) is 11.2. The molecule has 3 aromatic rings. The van der Waals surface area contributed by atoms with Crippen molar-refractivity contribution in [3.8, 4) is 23.0 Å². The van der Waals surface area contributed by atoms with Gasteiger partial charge in [-0.3, -0.25) is 0 Å². The van der Waals surface area contributed by atoms with Crippen molar-refractivity contribution in [2.24, 2.45) is 0 Å². The summed E-state index contributed by atoms with van der Waals surface area (Å²) in [7, 11) is 4.48. The standard InChI is InChI=1S/C17H15NO5/c1-20-14-7-4-10(9-15(14)21-2)16-18-12-8-11(17(19)22-3)5-6-13(12)23-16/h4-9H,1-3H3. The van der Waals surface area contributed by atoms with E-state index in [4.69, 9.17) is 18.6 Å².